The van der Waals surface area contributed by atoms with Crippen LogP contribution >= 0.6 is 0 Å². The number of piperidine rings is 1. The van der Waals surface area contributed by atoms with Crippen molar-refractivity contribution >= 4 is 45.4 Å². The second-order valence-electron chi connectivity index (χ2n) is 11.7. The third-order valence-electron chi connectivity index (χ3n) is 8.38. The van der Waals surface area contributed by atoms with Crippen molar-refractivity contribution in [2.24, 2.45) is 0 Å². The molecule has 3 N–H and O–H groups in total. The standard InChI is InChI=1S/C37H30F2N6O3/c38-37(39)10-13-45(14-11-37)36(47)27-5-6-32(42-21-27)28-16-29-17-30(22-44-34(46)8-2-23-1-7-33(40)43-19-23)48-35(29)31(18-28)25-3-4-26-20-41-12-9-24(26)15-25/h1-9,12,15-21H,10-11,13-14,22H2,(H2,40,43)(H,44,46)/b8-2+. The molecule has 48 heavy (non-hydrogen) atoms. The van der Waals surface area contributed by atoms with E-state index in [2.05, 4.69) is 26.3 Å². The van der Waals surface area contributed by atoms with Gasteiger partial charge in [-0.1, -0.05) is 12.1 Å². The monoisotopic (exact) mass is 644 g/mol. The lowest BCUT2D eigenvalue weighted by molar-refractivity contribution is -0.116. The number of amides is 2. The van der Waals surface area contributed by atoms with E-state index in [0.717, 1.165) is 38.4 Å². The van der Waals surface area contributed by atoms with Gasteiger partial charge in [0.1, 0.15) is 17.2 Å². The molecule has 6 aromatic rings. The van der Waals surface area contributed by atoms with Gasteiger partial charge in [-0.25, -0.2) is 13.8 Å². The van der Waals surface area contributed by atoms with Gasteiger partial charge >= 0.3 is 0 Å². The van der Waals surface area contributed by atoms with Crippen molar-refractivity contribution in [1.29, 1.82) is 0 Å². The summed E-state index contributed by atoms with van der Waals surface area (Å²) in [7, 11) is 0. The average molecular weight is 645 g/mol. The fourth-order valence-electron chi connectivity index (χ4n) is 5.74. The smallest absolute Gasteiger partial charge is 0.255 e. The number of carbonyl (C=O) groups excluding carboxylic acids is 2. The minimum Gasteiger partial charge on any atom is -0.459 e. The SMILES string of the molecule is Nc1ccc(/C=C/C(=O)NCc2cc3cc(-c4ccc(C(=O)N5CCC(F)(F)CC5)cn4)cc(-c4ccc5cnccc5c4)c3o2)cn1. The number of likely N-dealkylation sites (tertiary alicyclic amines) is 1. The summed E-state index contributed by atoms with van der Waals surface area (Å²) < 4.78 is 33.6. The Hall–Kier alpha value is -5.97. The largest absolute Gasteiger partial charge is 0.459 e. The highest BCUT2D eigenvalue weighted by Gasteiger charge is 2.35. The van der Waals surface area contributed by atoms with Crippen LogP contribution in [0.2, 0.25) is 0 Å². The van der Waals surface area contributed by atoms with E-state index in [1.165, 1.54) is 17.2 Å². The van der Waals surface area contributed by atoms with Gasteiger partial charge in [-0.3, -0.25) is 19.6 Å². The number of hydrogen-bond acceptors (Lipinski definition) is 7. The van der Waals surface area contributed by atoms with Crippen LogP contribution in [-0.2, 0) is 11.3 Å². The Bertz CT molecular complexity index is 2170. The van der Waals surface area contributed by atoms with E-state index in [1.54, 1.807) is 48.9 Å². The number of nitrogens with zero attached hydrogens (tertiary/aromatic N) is 4. The van der Waals surface area contributed by atoms with E-state index in [1.807, 2.05) is 36.4 Å². The van der Waals surface area contributed by atoms with Gasteiger partial charge in [-0.2, -0.15) is 0 Å². The van der Waals surface area contributed by atoms with Gasteiger partial charge in [0.05, 0.1) is 17.8 Å². The van der Waals surface area contributed by atoms with Crippen LogP contribution in [0.25, 0.3) is 50.2 Å². The normalized spacial score (nSPS) is 14.5. The lowest BCUT2D eigenvalue weighted by atomic mass is 9.97. The summed E-state index contributed by atoms with van der Waals surface area (Å²) in [5, 5.41) is 5.68. The highest BCUT2D eigenvalue weighted by Crippen LogP contribution is 2.37. The molecule has 9 nitrogen and oxygen atoms in total. The molecule has 1 aliphatic heterocycles. The third-order valence-corrected chi connectivity index (χ3v) is 8.38. The van der Waals surface area contributed by atoms with E-state index in [4.69, 9.17) is 10.2 Å². The maximum absolute atomic E-state index is 13.6. The minimum atomic E-state index is -2.73. The zero-order chi connectivity index (χ0) is 33.3. The Morgan fingerprint density at radius 3 is 2.50 bits per heavy atom. The number of halogens is 2. The molecule has 0 spiro atoms. The second kappa shape index (κ2) is 12.7. The predicted octanol–water partition coefficient (Wildman–Crippen LogP) is 6.89. The number of alkyl halides is 2. The quantitative estimate of drug-likeness (QED) is 0.181. The molecule has 0 bridgehead atoms. The van der Waals surface area contributed by atoms with Gasteiger partial charge in [0.25, 0.3) is 11.8 Å². The summed E-state index contributed by atoms with van der Waals surface area (Å²) in [6, 6.07) is 20.7. The Morgan fingerprint density at radius 1 is 0.896 bits per heavy atom. The van der Waals surface area contributed by atoms with Crippen LogP contribution < -0.4 is 11.1 Å². The third kappa shape index (κ3) is 6.61. The number of nitrogens with one attached hydrogen (secondary N) is 1. The molecule has 2 aromatic carbocycles. The molecule has 0 saturated carbocycles. The van der Waals surface area contributed by atoms with Crippen LogP contribution in [0.3, 0.4) is 0 Å². The molecule has 1 aliphatic rings. The van der Waals surface area contributed by atoms with Gasteiger partial charge < -0.3 is 20.4 Å². The van der Waals surface area contributed by atoms with Gasteiger partial charge in [0.2, 0.25) is 5.91 Å². The number of anilines is 1. The van der Waals surface area contributed by atoms with Gasteiger partial charge in [-0.15, -0.1) is 0 Å². The molecule has 0 unspecified atom stereocenters. The lowest BCUT2D eigenvalue weighted by Gasteiger charge is -2.31. The highest BCUT2D eigenvalue weighted by molar-refractivity contribution is 5.99. The van der Waals surface area contributed by atoms with Crippen LogP contribution in [0.4, 0.5) is 14.6 Å². The summed E-state index contributed by atoms with van der Waals surface area (Å²) in [5.74, 6) is -2.38. The van der Waals surface area contributed by atoms with Gasteiger partial charge in [0, 0.05) is 78.7 Å². The first-order valence-electron chi connectivity index (χ1n) is 15.4. The van der Waals surface area contributed by atoms with Crippen molar-refractivity contribution in [1.82, 2.24) is 25.2 Å². The fraction of sp³-hybridized carbons (Fsp3) is 0.162. The molecule has 0 atom stereocenters. The molecule has 5 heterocycles. The Kier molecular flexibility index (Phi) is 8.10. The first-order valence-corrected chi connectivity index (χ1v) is 15.4. The van der Waals surface area contributed by atoms with Crippen molar-refractivity contribution in [3.63, 3.8) is 0 Å². The number of fused-ring (bicyclic) bond motifs is 2. The molecule has 4 aromatic heterocycles. The van der Waals surface area contributed by atoms with Crippen molar-refractivity contribution in [3.8, 4) is 22.4 Å². The molecular formula is C37H30F2N6O3. The number of nitrogen functional groups attached to an aromatic ring is 1. The average Bonchev–Trinajstić information content (AvgIpc) is 3.53. The number of rotatable bonds is 7. The van der Waals surface area contributed by atoms with E-state index < -0.39 is 5.92 Å². The maximum atomic E-state index is 13.6. The Morgan fingerprint density at radius 2 is 1.73 bits per heavy atom. The van der Waals surface area contributed by atoms with Crippen molar-refractivity contribution in [2.75, 3.05) is 18.8 Å². The predicted molar refractivity (Wildman–Crippen MR) is 180 cm³/mol. The number of furan rings is 1. The first-order chi connectivity index (χ1) is 23.2. The van der Waals surface area contributed by atoms with Crippen LogP contribution in [-0.4, -0.2) is 50.7 Å². The van der Waals surface area contributed by atoms with E-state index in [0.29, 0.717) is 28.4 Å². The highest BCUT2D eigenvalue weighted by atomic mass is 19.3. The molecule has 11 heteroatoms. The summed E-state index contributed by atoms with van der Waals surface area (Å²) >= 11 is 0. The van der Waals surface area contributed by atoms with Crippen molar-refractivity contribution in [2.45, 2.75) is 25.3 Å². The van der Waals surface area contributed by atoms with Crippen LogP contribution in [0, 0.1) is 0 Å². The second-order valence-corrected chi connectivity index (χ2v) is 11.7. The summed E-state index contributed by atoms with van der Waals surface area (Å²) in [6.45, 7) is 0.178. The van der Waals surface area contributed by atoms with Gasteiger partial charge in [0.15, 0.2) is 0 Å². The van der Waals surface area contributed by atoms with Crippen LogP contribution in [0.5, 0.6) is 0 Å². The zero-order valence-electron chi connectivity index (χ0n) is 25.7. The fourth-order valence-corrected chi connectivity index (χ4v) is 5.74. The molecule has 7 rings (SSSR count). The van der Waals surface area contributed by atoms with E-state index >= 15 is 0 Å². The summed E-state index contributed by atoms with van der Waals surface area (Å²) in [6.07, 6.45) is 9.01. The van der Waals surface area contributed by atoms with Crippen molar-refractivity contribution < 1.29 is 22.8 Å². The number of pyridine rings is 3. The van der Waals surface area contributed by atoms with E-state index in [9.17, 15) is 18.4 Å². The molecule has 2 amide bonds. The summed E-state index contributed by atoms with van der Waals surface area (Å²) in [4.78, 5) is 39.8. The molecule has 1 fully saturated rings. The van der Waals surface area contributed by atoms with Gasteiger partial charge in [-0.05, 0) is 77.2 Å². The lowest BCUT2D eigenvalue weighted by Crippen LogP contribution is -2.42. The van der Waals surface area contributed by atoms with E-state index in [-0.39, 0.29) is 44.3 Å². The molecular weight excluding hydrogens is 614 g/mol. The summed E-state index contributed by atoms with van der Waals surface area (Å²) in [5.41, 5.74) is 10.5. The van der Waals surface area contributed by atoms with Crippen molar-refractivity contribution in [3.05, 3.63) is 114 Å². The molecule has 1 saturated heterocycles. The first kappa shape index (κ1) is 30.7. The number of hydrogen-bond donors (Lipinski definition) is 2. The molecule has 240 valence electrons. The topological polar surface area (TPSA) is 127 Å². The number of carbonyl (C=O) groups is 2. The number of aromatic nitrogens is 3. The van der Waals surface area contributed by atoms with Crippen LogP contribution in [0.15, 0.2) is 102 Å². The Labute approximate surface area is 274 Å². The number of benzene rings is 2. The molecule has 0 aliphatic carbocycles. The number of nitrogens with two attached hydrogens (primary N) is 1. The minimum absolute atomic E-state index is 0.00899. The molecule has 0 radical (unpaired) electrons. The Balaban J connectivity index is 1.18. The van der Waals surface area contributed by atoms with Crippen LogP contribution in [0.1, 0.15) is 34.5 Å². The maximum Gasteiger partial charge on any atom is 0.255 e. The zero-order valence-corrected chi connectivity index (χ0v) is 25.7.